The molecule has 3 nitrogen and oxygen atoms in total. The first-order chi connectivity index (χ1) is 10.3. The summed E-state index contributed by atoms with van der Waals surface area (Å²) in [5.41, 5.74) is 8.96. The lowest BCUT2D eigenvalue weighted by Crippen LogP contribution is -2.23. The molecule has 0 aliphatic heterocycles. The standard InChI is InChI=1S/C17H19N3S/c1-2-10-20(14-7-5-6-13(18)11-14)12-17-19-15-8-3-4-9-16(15)21-17/h3-9,11H,2,10,12,18H2,1H3. The third-order valence-corrected chi connectivity index (χ3v) is 4.41. The summed E-state index contributed by atoms with van der Waals surface area (Å²) in [6.07, 6.45) is 1.10. The van der Waals surface area contributed by atoms with Gasteiger partial charge in [-0.1, -0.05) is 25.1 Å². The van der Waals surface area contributed by atoms with Crippen LogP contribution in [0, 0.1) is 0 Å². The van der Waals surface area contributed by atoms with E-state index in [1.807, 2.05) is 24.3 Å². The number of para-hydroxylation sites is 1. The van der Waals surface area contributed by atoms with Gasteiger partial charge in [0.05, 0.1) is 16.8 Å². The van der Waals surface area contributed by atoms with Crippen molar-refractivity contribution < 1.29 is 0 Å². The molecule has 3 rings (SSSR count). The molecule has 3 aromatic rings. The number of hydrogen-bond acceptors (Lipinski definition) is 4. The highest BCUT2D eigenvalue weighted by atomic mass is 32.1. The van der Waals surface area contributed by atoms with E-state index in [1.165, 1.54) is 4.70 Å². The van der Waals surface area contributed by atoms with E-state index >= 15 is 0 Å². The molecule has 0 aliphatic rings. The van der Waals surface area contributed by atoms with Crippen molar-refractivity contribution in [1.29, 1.82) is 0 Å². The van der Waals surface area contributed by atoms with Crippen LogP contribution in [0.5, 0.6) is 0 Å². The number of hydrogen-bond donors (Lipinski definition) is 1. The fourth-order valence-electron chi connectivity index (χ4n) is 2.44. The van der Waals surface area contributed by atoms with Crippen LogP contribution in [-0.2, 0) is 6.54 Å². The Morgan fingerprint density at radius 1 is 1.14 bits per heavy atom. The van der Waals surface area contributed by atoms with E-state index in [4.69, 9.17) is 10.7 Å². The van der Waals surface area contributed by atoms with Gasteiger partial charge in [-0.3, -0.25) is 0 Å². The van der Waals surface area contributed by atoms with Crippen LogP contribution in [-0.4, -0.2) is 11.5 Å². The molecular formula is C17H19N3S. The number of benzene rings is 2. The number of fused-ring (bicyclic) bond motifs is 1. The van der Waals surface area contributed by atoms with Crippen molar-refractivity contribution >= 4 is 32.9 Å². The Hall–Kier alpha value is -2.07. The molecule has 0 unspecified atom stereocenters. The van der Waals surface area contributed by atoms with Crippen LogP contribution >= 0.6 is 11.3 Å². The van der Waals surface area contributed by atoms with Gasteiger partial charge in [0.2, 0.25) is 0 Å². The largest absolute Gasteiger partial charge is 0.399 e. The van der Waals surface area contributed by atoms with E-state index < -0.39 is 0 Å². The van der Waals surface area contributed by atoms with Crippen LogP contribution in [0.1, 0.15) is 18.4 Å². The highest BCUT2D eigenvalue weighted by Gasteiger charge is 2.10. The lowest BCUT2D eigenvalue weighted by Gasteiger charge is -2.23. The Balaban J connectivity index is 1.87. The molecule has 0 spiro atoms. The normalized spacial score (nSPS) is 10.9. The summed E-state index contributed by atoms with van der Waals surface area (Å²) < 4.78 is 1.25. The van der Waals surface area contributed by atoms with Crippen LogP contribution < -0.4 is 10.6 Å². The minimum absolute atomic E-state index is 0.804. The Labute approximate surface area is 129 Å². The SMILES string of the molecule is CCCN(Cc1nc2ccccc2s1)c1cccc(N)c1. The molecule has 1 aromatic heterocycles. The molecule has 2 aromatic carbocycles. The van der Waals surface area contributed by atoms with Crippen molar-refractivity contribution in [3.05, 3.63) is 53.5 Å². The number of nitrogens with zero attached hydrogens (tertiary/aromatic N) is 2. The van der Waals surface area contributed by atoms with Crippen LogP contribution in [0.3, 0.4) is 0 Å². The van der Waals surface area contributed by atoms with Crippen LogP contribution in [0.15, 0.2) is 48.5 Å². The molecule has 0 atom stereocenters. The third-order valence-electron chi connectivity index (χ3n) is 3.39. The summed E-state index contributed by atoms with van der Waals surface area (Å²) in [6.45, 7) is 4.02. The second-order valence-corrected chi connectivity index (χ2v) is 6.21. The second kappa shape index (κ2) is 6.14. The van der Waals surface area contributed by atoms with Gasteiger partial charge in [0.25, 0.3) is 0 Å². The first-order valence-electron chi connectivity index (χ1n) is 7.21. The summed E-state index contributed by atoms with van der Waals surface area (Å²) in [7, 11) is 0. The number of nitrogens with two attached hydrogens (primary N) is 1. The Bertz CT molecular complexity index is 702. The molecular weight excluding hydrogens is 278 g/mol. The maximum Gasteiger partial charge on any atom is 0.113 e. The number of nitrogen functional groups attached to an aromatic ring is 1. The summed E-state index contributed by atoms with van der Waals surface area (Å²) in [5.74, 6) is 0. The highest BCUT2D eigenvalue weighted by Crippen LogP contribution is 2.25. The Kier molecular flexibility index (Phi) is 4.06. The smallest absolute Gasteiger partial charge is 0.113 e. The van der Waals surface area contributed by atoms with Crippen molar-refractivity contribution in [2.24, 2.45) is 0 Å². The molecule has 108 valence electrons. The summed E-state index contributed by atoms with van der Waals surface area (Å²) in [5, 5.41) is 1.15. The van der Waals surface area contributed by atoms with Gasteiger partial charge in [-0.2, -0.15) is 0 Å². The molecule has 0 aliphatic carbocycles. The summed E-state index contributed by atoms with van der Waals surface area (Å²) in [4.78, 5) is 7.07. The summed E-state index contributed by atoms with van der Waals surface area (Å²) in [6, 6.07) is 16.4. The predicted molar refractivity (Wildman–Crippen MR) is 91.8 cm³/mol. The van der Waals surface area contributed by atoms with Crippen LogP contribution in [0.25, 0.3) is 10.2 Å². The zero-order valence-corrected chi connectivity index (χ0v) is 12.9. The fourth-order valence-corrected chi connectivity index (χ4v) is 3.42. The Morgan fingerprint density at radius 2 is 2.00 bits per heavy atom. The lowest BCUT2D eigenvalue weighted by molar-refractivity contribution is 0.765. The zero-order chi connectivity index (χ0) is 14.7. The predicted octanol–water partition coefficient (Wildman–Crippen LogP) is 4.30. The van der Waals surface area contributed by atoms with E-state index in [1.54, 1.807) is 11.3 Å². The van der Waals surface area contributed by atoms with Gasteiger partial charge in [0, 0.05) is 17.9 Å². The molecule has 1 heterocycles. The molecule has 2 N–H and O–H groups in total. The molecule has 0 fully saturated rings. The molecule has 0 saturated carbocycles. The number of anilines is 2. The van der Waals surface area contributed by atoms with Crippen molar-refractivity contribution in [3.63, 3.8) is 0 Å². The van der Waals surface area contributed by atoms with Crippen molar-refractivity contribution in [2.45, 2.75) is 19.9 Å². The maximum absolute atomic E-state index is 5.91. The van der Waals surface area contributed by atoms with Gasteiger partial charge in [-0.25, -0.2) is 4.98 Å². The van der Waals surface area contributed by atoms with Crippen molar-refractivity contribution in [1.82, 2.24) is 4.98 Å². The van der Waals surface area contributed by atoms with Gasteiger partial charge in [0.15, 0.2) is 0 Å². The first kappa shape index (κ1) is 13.9. The first-order valence-corrected chi connectivity index (χ1v) is 8.03. The Morgan fingerprint density at radius 3 is 2.76 bits per heavy atom. The molecule has 0 saturated heterocycles. The summed E-state index contributed by atoms with van der Waals surface area (Å²) >= 11 is 1.77. The number of rotatable bonds is 5. The monoisotopic (exact) mass is 297 g/mol. The second-order valence-electron chi connectivity index (χ2n) is 5.09. The topological polar surface area (TPSA) is 42.2 Å². The van der Waals surface area contributed by atoms with Crippen LogP contribution in [0.2, 0.25) is 0 Å². The maximum atomic E-state index is 5.91. The molecule has 0 radical (unpaired) electrons. The van der Waals surface area contributed by atoms with E-state index in [2.05, 4.69) is 36.1 Å². The highest BCUT2D eigenvalue weighted by molar-refractivity contribution is 7.18. The number of aromatic nitrogens is 1. The molecule has 0 bridgehead atoms. The van der Waals surface area contributed by atoms with E-state index in [9.17, 15) is 0 Å². The quantitative estimate of drug-likeness (QED) is 0.714. The van der Waals surface area contributed by atoms with Gasteiger partial charge in [-0.05, 0) is 36.8 Å². The van der Waals surface area contributed by atoms with Crippen molar-refractivity contribution in [3.8, 4) is 0 Å². The van der Waals surface area contributed by atoms with Crippen molar-refractivity contribution in [2.75, 3.05) is 17.2 Å². The average Bonchev–Trinajstić information content (AvgIpc) is 2.89. The van der Waals surface area contributed by atoms with Gasteiger partial charge >= 0.3 is 0 Å². The van der Waals surface area contributed by atoms with Gasteiger partial charge in [-0.15, -0.1) is 11.3 Å². The van der Waals surface area contributed by atoms with E-state index in [-0.39, 0.29) is 0 Å². The van der Waals surface area contributed by atoms with E-state index in [0.717, 1.165) is 41.4 Å². The van der Waals surface area contributed by atoms with E-state index in [0.29, 0.717) is 0 Å². The number of thiazole rings is 1. The average molecular weight is 297 g/mol. The van der Waals surface area contributed by atoms with Gasteiger partial charge < -0.3 is 10.6 Å². The molecule has 0 amide bonds. The van der Waals surface area contributed by atoms with Crippen LogP contribution in [0.4, 0.5) is 11.4 Å². The van der Waals surface area contributed by atoms with Gasteiger partial charge in [0.1, 0.15) is 5.01 Å². The third kappa shape index (κ3) is 3.16. The fraction of sp³-hybridized carbons (Fsp3) is 0.235. The zero-order valence-electron chi connectivity index (χ0n) is 12.1. The minimum atomic E-state index is 0.804. The minimum Gasteiger partial charge on any atom is -0.399 e. The molecule has 21 heavy (non-hydrogen) atoms. The lowest BCUT2D eigenvalue weighted by atomic mass is 10.2. The molecule has 4 heteroatoms.